The topological polar surface area (TPSA) is 58.4 Å². The highest BCUT2D eigenvalue weighted by Crippen LogP contribution is 2.10. The summed E-state index contributed by atoms with van der Waals surface area (Å²) in [7, 11) is 0. The van der Waals surface area contributed by atoms with Crippen molar-refractivity contribution in [3.8, 4) is 0 Å². The molecule has 5 heteroatoms. The summed E-state index contributed by atoms with van der Waals surface area (Å²) in [6, 6.07) is 7.94. The number of rotatable bonds is 7. The van der Waals surface area contributed by atoms with Crippen LogP contribution in [0, 0.1) is 0 Å². The predicted octanol–water partition coefficient (Wildman–Crippen LogP) is 1.35. The van der Waals surface area contributed by atoms with Crippen LogP contribution in [0.3, 0.4) is 0 Å². The summed E-state index contributed by atoms with van der Waals surface area (Å²) < 4.78 is 13.1. The number of aromatic amines is 1. The second-order valence-corrected chi connectivity index (χ2v) is 4.20. The van der Waals surface area contributed by atoms with Crippen molar-refractivity contribution in [2.75, 3.05) is 13.2 Å². The Balaban J connectivity index is 2.31. The monoisotopic (exact) mass is 265 g/mol. The molecule has 0 saturated heterocycles. The molecule has 0 bridgehead atoms. The largest absolute Gasteiger partial charge is 0.384 e. The molecule has 0 aliphatic carbocycles. The van der Waals surface area contributed by atoms with Gasteiger partial charge in [-0.05, 0) is 26.0 Å². The second kappa shape index (κ2) is 6.65. The Hall–Kier alpha value is -1.43. The number of hydrogen-bond donors (Lipinski definition) is 2. The normalized spacial score (nSPS) is 11.6. The highest BCUT2D eigenvalue weighted by Gasteiger charge is 2.21. The number of aliphatic hydroxyl groups excluding tert-OH is 1. The minimum absolute atomic E-state index is 0.0420. The average molecular weight is 265 g/mol. The lowest BCUT2D eigenvalue weighted by molar-refractivity contribution is -0.695. The zero-order valence-electron chi connectivity index (χ0n) is 11.4. The van der Waals surface area contributed by atoms with Gasteiger partial charge in [0.1, 0.15) is 13.2 Å². The molecule has 0 atom stereocenters. The van der Waals surface area contributed by atoms with Crippen molar-refractivity contribution in [3.05, 3.63) is 30.1 Å². The maximum absolute atomic E-state index is 9.46. The molecule has 0 saturated carbocycles. The molecule has 0 fully saturated rings. The van der Waals surface area contributed by atoms with Gasteiger partial charge in [-0.1, -0.05) is 12.1 Å². The molecule has 0 unspecified atom stereocenters. The van der Waals surface area contributed by atoms with Gasteiger partial charge in [0.15, 0.2) is 17.3 Å². The number of fused-ring (bicyclic) bond motifs is 1. The molecule has 5 nitrogen and oxygen atoms in total. The SMILES string of the molecule is CCOC(C[n+]1c(CO)[nH]c2ccccc21)OCC. The Morgan fingerprint density at radius 1 is 1.21 bits per heavy atom. The van der Waals surface area contributed by atoms with Crippen molar-refractivity contribution in [2.45, 2.75) is 33.3 Å². The van der Waals surface area contributed by atoms with Gasteiger partial charge in [0.2, 0.25) is 0 Å². The van der Waals surface area contributed by atoms with Crippen molar-refractivity contribution in [1.29, 1.82) is 0 Å². The molecule has 19 heavy (non-hydrogen) atoms. The lowest BCUT2D eigenvalue weighted by Gasteiger charge is -2.15. The van der Waals surface area contributed by atoms with Gasteiger partial charge in [-0.25, -0.2) is 9.55 Å². The van der Waals surface area contributed by atoms with E-state index in [1.807, 2.05) is 42.7 Å². The third-order valence-corrected chi connectivity index (χ3v) is 2.99. The fraction of sp³-hybridized carbons (Fsp3) is 0.500. The summed E-state index contributed by atoms with van der Waals surface area (Å²) in [5.41, 5.74) is 2.04. The van der Waals surface area contributed by atoms with Crippen LogP contribution in [0.25, 0.3) is 11.0 Å². The van der Waals surface area contributed by atoms with E-state index >= 15 is 0 Å². The number of nitrogens with zero attached hydrogens (tertiary/aromatic N) is 1. The Labute approximate surface area is 112 Å². The minimum atomic E-state index is -0.301. The number of nitrogens with one attached hydrogen (secondary N) is 1. The third-order valence-electron chi connectivity index (χ3n) is 2.99. The van der Waals surface area contributed by atoms with Gasteiger partial charge in [0.25, 0.3) is 5.82 Å². The average Bonchev–Trinajstić information content (AvgIpc) is 2.78. The van der Waals surface area contributed by atoms with E-state index in [0.717, 1.165) is 16.9 Å². The molecule has 1 aromatic carbocycles. The van der Waals surface area contributed by atoms with Gasteiger partial charge in [-0.3, -0.25) is 0 Å². The summed E-state index contributed by atoms with van der Waals surface area (Å²) in [4.78, 5) is 3.21. The smallest absolute Gasteiger partial charge is 0.281 e. The lowest BCUT2D eigenvalue weighted by atomic mass is 10.3. The van der Waals surface area contributed by atoms with E-state index < -0.39 is 0 Å². The summed E-state index contributed by atoms with van der Waals surface area (Å²) in [6.45, 7) is 5.60. The first-order valence-corrected chi connectivity index (χ1v) is 6.63. The molecular weight excluding hydrogens is 244 g/mol. The number of benzene rings is 1. The Kier molecular flexibility index (Phi) is 4.90. The summed E-state index contributed by atoms with van der Waals surface area (Å²) >= 11 is 0. The maximum Gasteiger partial charge on any atom is 0.281 e. The van der Waals surface area contributed by atoms with E-state index in [0.29, 0.717) is 19.8 Å². The van der Waals surface area contributed by atoms with Gasteiger partial charge < -0.3 is 14.6 Å². The molecule has 2 aromatic rings. The van der Waals surface area contributed by atoms with Crippen LogP contribution in [0.15, 0.2) is 24.3 Å². The molecule has 104 valence electrons. The number of H-pyrrole nitrogens is 1. The molecule has 1 heterocycles. The number of para-hydroxylation sites is 2. The molecule has 2 N–H and O–H groups in total. The van der Waals surface area contributed by atoms with Crippen molar-refractivity contribution in [1.82, 2.24) is 4.98 Å². The third kappa shape index (κ3) is 3.12. The van der Waals surface area contributed by atoms with Crippen LogP contribution in [0.1, 0.15) is 19.7 Å². The summed E-state index contributed by atoms with van der Waals surface area (Å²) in [5, 5.41) is 9.46. The van der Waals surface area contributed by atoms with Crippen molar-refractivity contribution in [2.24, 2.45) is 0 Å². The fourth-order valence-electron chi connectivity index (χ4n) is 2.19. The van der Waals surface area contributed by atoms with Gasteiger partial charge in [0.05, 0.1) is 0 Å². The van der Waals surface area contributed by atoms with Crippen LogP contribution in [0.2, 0.25) is 0 Å². The number of imidazole rings is 1. The number of hydrogen-bond acceptors (Lipinski definition) is 3. The van der Waals surface area contributed by atoms with Crippen LogP contribution in [0.4, 0.5) is 0 Å². The van der Waals surface area contributed by atoms with Crippen LogP contribution in [0.5, 0.6) is 0 Å². The molecule has 0 amide bonds. The second-order valence-electron chi connectivity index (χ2n) is 4.20. The predicted molar refractivity (Wildman–Crippen MR) is 71.5 cm³/mol. The highest BCUT2D eigenvalue weighted by atomic mass is 16.7. The first-order valence-electron chi connectivity index (χ1n) is 6.63. The molecule has 0 radical (unpaired) electrons. The lowest BCUT2D eigenvalue weighted by Crippen LogP contribution is -2.44. The molecule has 0 spiro atoms. The van der Waals surface area contributed by atoms with Crippen LogP contribution in [-0.2, 0) is 22.6 Å². The van der Waals surface area contributed by atoms with Crippen molar-refractivity contribution >= 4 is 11.0 Å². The number of aromatic nitrogens is 2. The molecule has 2 rings (SSSR count). The first kappa shape index (κ1) is 14.0. The van der Waals surface area contributed by atoms with E-state index in [1.165, 1.54) is 0 Å². The quantitative estimate of drug-likeness (QED) is 0.587. The van der Waals surface area contributed by atoms with E-state index in [4.69, 9.17) is 9.47 Å². The van der Waals surface area contributed by atoms with E-state index in [-0.39, 0.29) is 12.9 Å². The van der Waals surface area contributed by atoms with Gasteiger partial charge in [0, 0.05) is 13.2 Å². The summed E-state index contributed by atoms with van der Waals surface area (Å²) in [6.07, 6.45) is -0.301. The standard InChI is InChI=1S/C14H20N2O3/c1-3-18-14(19-4-2)9-16-12-8-6-5-7-11(12)15-13(16)10-17/h5-8,14,17H,3-4,9-10H2,1-2H3/p+1. The van der Waals surface area contributed by atoms with Crippen LogP contribution in [-0.4, -0.2) is 29.6 Å². The maximum atomic E-state index is 9.46. The van der Waals surface area contributed by atoms with Crippen molar-refractivity contribution < 1.29 is 19.1 Å². The number of ether oxygens (including phenoxy) is 2. The van der Waals surface area contributed by atoms with Gasteiger partial charge in [-0.15, -0.1) is 0 Å². The number of aliphatic hydroxyl groups is 1. The van der Waals surface area contributed by atoms with E-state index in [2.05, 4.69) is 4.98 Å². The van der Waals surface area contributed by atoms with Crippen molar-refractivity contribution in [3.63, 3.8) is 0 Å². The summed E-state index contributed by atoms with van der Waals surface area (Å²) in [5.74, 6) is 0.755. The zero-order valence-corrected chi connectivity index (χ0v) is 11.4. The minimum Gasteiger partial charge on any atom is -0.384 e. The molecule has 0 aliphatic heterocycles. The van der Waals surface area contributed by atoms with Gasteiger partial charge >= 0.3 is 0 Å². The Morgan fingerprint density at radius 3 is 2.53 bits per heavy atom. The highest BCUT2D eigenvalue weighted by molar-refractivity contribution is 5.70. The molecular formula is C14H21N2O3+. The molecule has 0 aliphatic rings. The Bertz CT molecular complexity index is 518. The first-order chi connectivity index (χ1) is 9.30. The zero-order chi connectivity index (χ0) is 13.7. The van der Waals surface area contributed by atoms with Gasteiger partial charge in [-0.2, -0.15) is 0 Å². The Morgan fingerprint density at radius 2 is 1.89 bits per heavy atom. The molecule has 1 aromatic heterocycles. The van der Waals surface area contributed by atoms with Crippen LogP contribution < -0.4 is 4.57 Å². The fourth-order valence-corrected chi connectivity index (χ4v) is 2.19. The van der Waals surface area contributed by atoms with E-state index in [1.54, 1.807) is 0 Å². The van der Waals surface area contributed by atoms with Crippen LogP contribution >= 0.6 is 0 Å². The van der Waals surface area contributed by atoms with E-state index in [9.17, 15) is 5.11 Å².